The third-order valence-corrected chi connectivity index (χ3v) is 1.38. The highest BCUT2D eigenvalue weighted by atomic mass is 14.7. The van der Waals surface area contributed by atoms with Gasteiger partial charge in [0, 0.05) is 12.3 Å². The lowest BCUT2D eigenvalue weighted by Gasteiger charge is -2.06. The van der Waals surface area contributed by atoms with Crippen molar-refractivity contribution in [2.24, 2.45) is 17.4 Å². The van der Waals surface area contributed by atoms with Crippen molar-refractivity contribution in [3.63, 3.8) is 0 Å². The van der Waals surface area contributed by atoms with E-state index in [0.717, 1.165) is 0 Å². The van der Waals surface area contributed by atoms with E-state index in [1.165, 1.54) is 0 Å². The topological polar surface area (TPSA) is 99.7 Å². The maximum Gasteiger partial charge on any atom is 0.0934 e. The van der Waals surface area contributed by atoms with E-state index < -0.39 is 0 Å². The molecule has 0 saturated carbocycles. The van der Waals surface area contributed by atoms with Crippen LogP contribution >= 0.6 is 0 Å². The van der Waals surface area contributed by atoms with Crippen molar-refractivity contribution < 1.29 is 0 Å². The lowest BCUT2D eigenvalue weighted by Crippen LogP contribution is -2.21. The molecular formula is C6H14N4. The monoisotopic (exact) mass is 142 g/mol. The van der Waals surface area contributed by atoms with Crippen LogP contribution in [-0.4, -0.2) is 11.7 Å². The van der Waals surface area contributed by atoms with Crippen LogP contribution in [-0.2, 0) is 0 Å². The number of hydrogen-bond acceptors (Lipinski definition) is 2. The van der Waals surface area contributed by atoms with E-state index in [2.05, 4.69) is 0 Å². The minimum absolute atomic E-state index is 0.0453. The van der Waals surface area contributed by atoms with Gasteiger partial charge >= 0.3 is 0 Å². The zero-order chi connectivity index (χ0) is 8.15. The largest absolute Gasteiger partial charge is 0.388 e. The highest BCUT2D eigenvalue weighted by molar-refractivity contribution is 5.81. The summed E-state index contributed by atoms with van der Waals surface area (Å²) in [6, 6.07) is 0. The lowest BCUT2D eigenvalue weighted by atomic mass is 10.0. The molecule has 0 radical (unpaired) electrons. The SMILES string of the molecule is C[C@@H](CCC(=N)N)C(=N)N. The molecule has 0 saturated heterocycles. The van der Waals surface area contributed by atoms with Crippen LogP contribution in [0.1, 0.15) is 19.8 Å². The van der Waals surface area contributed by atoms with Crippen molar-refractivity contribution in [1.29, 1.82) is 10.8 Å². The Morgan fingerprint density at radius 1 is 1.40 bits per heavy atom. The summed E-state index contributed by atoms with van der Waals surface area (Å²) in [6.07, 6.45) is 1.23. The minimum Gasteiger partial charge on any atom is -0.388 e. The van der Waals surface area contributed by atoms with Gasteiger partial charge in [-0.05, 0) is 6.42 Å². The molecule has 0 rings (SSSR count). The summed E-state index contributed by atoms with van der Waals surface area (Å²) < 4.78 is 0. The van der Waals surface area contributed by atoms with Gasteiger partial charge in [0.2, 0.25) is 0 Å². The number of nitrogens with one attached hydrogen (secondary N) is 2. The van der Waals surface area contributed by atoms with Gasteiger partial charge < -0.3 is 11.5 Å². The molecule has 0 aliphatic carbocycles. The maximum absolute atomic E-state index is 7.01. The molecule has 0 heterocycles. The van der Waals surface area contributed by atoms with Gasteiger partial charge in [-0.3, -0.25) is 10.8 Å². The van der Waals surface area contributed by atoms with Gasteiger partial charge in [-0.1, -0.05) is 6.92 Å². The standard InChI is InChI=1S/C6H14N4/c1-4(6(9)10)2-3-5(7)8/h4H,2-3H2,1H3,(H3,7,8)(H3,9,10)/t4-/m0/s1. The normalized spacial score (nSPS) is 12.5. The minimum atomic E-state index is 0.0453. The molecule has 0 aromatic rings. The van der Waals surface area contributed by atoms with E-state index in [-0.39, 0.29) is 17.6 Å². The fourth-order valence-electron chi connectivity index (χ4n) is 0.528. The van der Waals surface area contributed by atoms with Crippen LogP contribution in [0.25, 0.3) is 0 Å². The quantitative estimate of drug-likeness (QED) is 0.334. The summed E-state index contributed by atoms with van der Waals surface area (Å²) in [5.74, 6) is 0.373. The molecule has 4 heteroatoms. The Hall–Kier alpha value is -1.06. The predicted octanol–water partition coefficient (Wildman–Crippen LogP) is 0.275. The van der Waals surface area contributed by atoms with E-state index in [1.807, 2.05) is 6.92 Å². The number of amidine groups is 2. The summed E-state index contributed by atoms with van der Waals surface area (Å²) >= 11 is 0. The average molecular weight is 142 g/mol. The summed E-state index contributed by atoms with van der Waals surface area (Å²) in [4.78, 5) is 0. The van der Waals surface area contributed by atoms with Crippen LogP contribution < -0.4 is 11.5 Å². The molecule has 0 unspecified atom stereocenters. The molecule has 6 N–H and O–H groups in total. The fraction of sp³-hybridized carbons (Fsp3) is 0.667. The van der Waals surface area contributed by atoms with Crippen molar-refractivity contribution in [2.75, 3.05) is 0 Å². The molecule has 0 aromatic heterocycles. The van der Waals surface area contributed by atoms with Crippen molar-refractivity contribution in [3.8, 4) is 0 Å². The summed E-state index contributed by atoms with van der Waals surface area (Å²) in [7, 11) is 0. The Labute approximate surface area is 60.6 Å². The third-order valence-electron chi connectivity index (χ3n) is 1.38. The first-order valence-corrected chi connectivity index (χ1v) is 3.21. The molecule has 58 valence electrons. The molecule has 1 atom stereocenters. The van der Waals surface area contributed by atoms with E-state index in [9.17, 15) is 0 Å². The van der Waals surface area contributed by atoms with Gasteiger partial charge in [-0.25, -0.2) is 0 Å². The van der Waals surface area contributed by atoms with Crippen LogP contribution in [0.3, 0.4) is 0 Å². The first-order chi connectivity index (χ1) is 4.54. The van der Waals surface area contributed by atoms with Crippen LogP contribution in [0, 0.1) is 16.7 Å². The van der Waals surface area contributed by atoms with Gasteiger partial charge in [0.05, 0.1) is 11.7 Å². The molecular weight excluding hydrogens is 128 g/mol. The van der Waals surface area contributed by atoms with Crippen LogP contribution in [0.15, 0.2) is 0 Å². The smallest absolute Gasteiger partial charge is 0.0934 e. The van der Waals surface area contributed by atoms with Gasteiger partial charge in [0.25, 0.3) is 0 Å². The highest BCUT2D eigenvalue weighted by Crippen LogP contribution is 2.03. The van der Waals surface area contributed by atoms with Crippen LogP contribution in [0.2, 0.25) is 0 Å². The highest BCUT2D eigenvalue weighted by Gasteiger charge is 2.04. The first-order valence-electron chi connectivity index (χ1n) is 3.21. The van der Waals surface area contributed by atoms with Gasteiger partial charge in [-0.2, -0.15) is 0 Å². The van der Waals surface area contributed by atoms with Crippen molar-refractivity contribution in [2.45, 2.75) is 19.8 Å². The van der Waals surface area contributed by atoms with E-state index >= 15 is 0 Å². The van der Waals surface area contributed by atoms with Crippen LogP contribution in [0.4, 0.5) is 0 Å². The van der Waals surface area contributed by atoms with Crippen LogP contribution in [0.5, 0.6) is 0 Å². The zero-order valence-corrected chi connectivity index (χ0v) is 6.15. The Bertz CT molecular complexity index is 141. The maximum atomic E-state index is 7.01. The number of rotatable bonds is 4. The molecule has 0 fully saturated rings. The second kappa shape index (κ2) is 3.87. The molecule has 0 aliphatic rings. The molecule has 0 aromatic carbocycles. The van der Waals surface area contributed by atoms with Gasteiger partial charge in [0.1, 0.15) is 0 Å². The molecule has 10 heavy (non-hydrogen) atoms. The third kappa shape index (κ3) is 3.88. The Morgan fingerprint density at radius 2 is 1.90 bits per heavy atom. The van der Waals surface area contributed by atoms with Crippen molar-refractivity contribution >= 4 is 11.7 Å². The molecule has 4 nitrogen and oxygen atoms in total. The zero-order valence-electron chi connectivity index (χ0n) is 6.15. The molecule has 0 amide bonds. The first kappa shape index (κ1) is 8.94. The average Bonchev–Trinajstić information content (AvgIpc) is 1.82. The number of nitrogens with two attached hydrogens (primary N) is 2. The Kier molecular flexibility index (Phi) is 3.46. The second-order valence-electron chi connectivity index (χ2n) is 2.42. The van der Waals surface area contributed by atoms with Crippen molar-refractivity contribution in [1.82, 2.24) is 0 Å². The molecule has 0 bridgehead atoms. The molecule has 0 aliphatic heterocycles. The van der Waals surface area contributed by atoms with Gasteiger partial charge in [0.15, 0.2) is 0 Å². The summed E-state index contributed by atoms with van der Waals surface area (Å²) in [6.45, 7) is 1.85. The second-order valence-corrected chi connectivity index (χ2v) is 2.42. The summed E-state index contributed by atoms with van der Waals surface area (Å²) in [5.41, 5.74) is 10.3. The number of hydrogen-bond donors (Lipinski definition) is 4. The predicted molar refractivity (Wildman–Crippen MR) is 42.2 cm³/mol. The molecule has 0 spiro atoms. The lowest BCUT2D eigenvalue weighted by molar-refractivity contribution is 0.694. The Morgan fingerprint density at radius 3 is 2.20 bits per heavy atom. The fourth-order valence-corrected chi connectivity index (χ4v) is 0.528. The van der Waals surface area contributed by atoms with E-state index in [1.54, 1.807) is 0 Å². The summed E-state index contributed by atoms with van der Waals surface area (Å²) in [5, 5.41) is 13.9. The van der Waals surface area contributed by atoms with E-state index in [4.69, 9.17) is 22.3 Å². The Balaban J connectivity index is 3.49. The van der Waals surface area contributed by atoms with Gasteiger partial charge in [-0.15, -0.1) is 0 Å². The van der Waals surface area contributed by atoms with E-state index in [0.29, 0.717) is 12.8 Å². The van der Waals surface area contributed by atoms with Crippen molar-refractivity contribution in [3.05, 3.63) is 0 Å².